The lowest BCUT2D eigenvalue weighted by Crippen LogP contribution is -2.36. The molecule has 2 N–H and O–H groups in total. The number of aldehydes is 1. The minimum Gasteiger partial charge on any atom is -0.378 e. The molecule has 4 rings (SSSR count). The molecule has 32 heavy (non-hydrogen) atoms. The lowest BCUT2D eigenvalue weighted by Gasteiger charge is -2.29. The lowest BCUT2D eigenvalue weighted by molar-refractivity contribution is 0.112. The zero-order valence-corrected chi connectivity index (χ0v) is 17.9. The van der Waals surface area contributed by atoms with Crippen molar-refractivity contribution in [3.8, 4) is 22.3 Å². The maximum atomic E-state index is 12.0. The Morgan fingerprint density at radius 2 is 1.84 bits per heavy atom. The molecule has 0 radical (unpaired) electrons. The van der Waals surface area contributed by atoms with Crippen LogP contribution in [0.2, 0.25) is 0 Å². The SMILES string of the molecule is CCNC(=O)Nc1cc(-c2ccc(N3CCOCC3)cc2)c(-c2cncc(C=O)c2)cn1. The highest BCUT2D eigenvalue weighted by molar-refractivity contribution is 5.91. The summed E-state index contributed by atoms with van der Waals surface area (Å²) in [4.78, 5) is 34.1. The molecule has 1 saturated heterocycles. The lowest BCUT2D eigenvalue weighted by atomic mass is 9.96. The van der Waals surface area contributed by atoms with Crippen LogP contribution in [0, 0.1) is 0 Å². The summed E-state index contributed by atoms with van der Waals surface area (Å²) in [6, 6.07) is 11.6. The van der Waals surface area contributed by atoms with Gasteiger partial charge in [0.15, 0.2) is 6.29 Å². The number of ether oxygens (including phenoxy) is 1. The predicted octanol–water partition coefficient (Wildman–Crippen LogP) is 3.60. The Bertz CT molecular complexity index is 1100. The number of aromatic nitrogens is 2. The number of pyridine rings is 2. The van der Waals surface area contributed by atoms with E-state index in [1.165, 1.54) is 6.20 Å². The number of carbonyl (C=O) groups excluding carboxylic acids is 2. The van der Waals surface area contributed by atoms with E-state index < -0.39 is 0 Å². The second-order valence-electron chi connectivity index (χ2n) is 7.37. The summed E-state index contributed by atoms with van der Waals surface area (Å²) in [5.74, 6) is 0.437. The first kappa shape index (κ1) is 21.5. The van der Waals surface area contributed by atoms with Gasteiger partial charge in [0.25, 0.3) is 0 Å². The summed E-state index contributed by atoms with van der Waals surface area (Å²) >= 11 is 0. The molecule has 0 aliphatic carbocycles. The smallest absolute Gasteiger partial charge is 0.320 e. The Morgan fingerprint density at radius 1 is 1.06 bits per heavy atom. The molecule has 0 saturated carbocycles. The Balaban J connectivity index is 1.72. The molecule has 3 aromatic rings. The summed E-state index contributed by atoms with van der Waals surface area (Å²) in [6.45, 7) is 5.56. The molecule has 1 aliphatic heterocycles. The third-order valence-electron chi connectivity index (χ3n) is 5.24. The number of anilines is 2. The molecule has 0 atom stereocenters. The first-order valence-corrected chi connectivity index (χ1v) is 10.6. The van der Waals surface area contributed by atoms with Crippen molar-refractivity contribution in [2.24, 2.45) is 0 Å². The van der Waals surface area contributed by atoms with Crippen molar-refractivity contribution in [3.05, 3.63) is 60.6 Å². The van der Waals surface area contributed by atoms with Crippen LogP contribution in [0.5, 0.6) is 0 Å². The van der Waals surface area contributed by atoms with Gasteiger partial charge >= 0.3 is 6.03 Å². The molecule has 164 valence electrons. The maximum absolute atomic E-state index is 12.0. The van der Waals surface area contributed by atoms with Gasteiger partial charge in [-0.1, -0.05) is 12.1 Å². The number of benzene rings is 1. The zero-order valence-electron chi connectivity index (χ0n) is 17.9. The monoisotopic (exact) mass is 431 g/mol. The van der Waals surface area contributed by atoms with E-state index in [-0.39, 0.29) is 6.03 Å². The maximum Gasteiger partial charge on any atom is 0.320 e. The number of nitrogens with zero attached hydrogens (tertiary/aromatic N) is 3. The number of nitrogens with one attached hydrogen (secondary N) is 2. The fourth-order valence-corrected chi connectivity index (χ4v) is 3.66. The fourth-order valence-electron chi connectivity index (χ4n) is 3.66. The van der Waals surface area contributed by atoms with E-state index in [4.69, 9.17) is 4.74 Å². The van der Waals surface area contributed by atoms with Crippen molar-refractivity contribution < 1.29 is 14.3 Å². The van der Waals surface area contributed by atoms with Crippen LogP contribution >= 0.6 is 0 Å². The van der Waals surface area contributed by atoms with Crippen LogP contribution in [0.3, 0.4) is 0 Å². The molecular formula is C24H25N5O3. The number of carbonyl (C=O) groups is 2. The Morgan fingerprint density at radius 3 is 2.56 bits per heavy atom. The van der Waals surface area contributed by atoms with Crippen molar-refractivity contribution in [1.29, 1.82) is 0 Å². The summed E-state index contributed by atoms with van der Waals surface area (Å²) in [5, 5.41) is 5.47. The molecule has 1 aromatic carbocycles. The van der Waals surface area contributed by atoms with Gasteiger partial charge in [-0.15, -0.1) is 0 Å². The minimum atomic E-state index is -0.314. The number of hydrogen-bond donors (Lipinski definition) is 2. The molecule has 8 nitrogen and oxygen atoms in total. The Hall–Kier alpha value is -3.78. The molecule has 0 spiro atoms. The van der Waals surface area contributed by atoms with Crippen molar-refractivity contribution in [3.63, 3.8) is 0 Å². The topological polar surface area (TPSA) is 96.5 Å². The van der Waals surface area contributed by atoms with Crippen molar-refractivity contribution in [2.75, 3.05) is 43.1 Å². The second kappa shape index (κ2) is 10.0. The number of hydrogen-bond acceptors (Lipinski definition) is 6. The zero-order chi connectivity index (χ0) is 22.3. The van der Waals surface area contributed by atoms with Gasteiger partial charge in [-0.3, -0.25) is 15.1 Å². The van der Waals surface area contributed by atoms with Crippen molar-refractivity contribution in [2.45, 2.75) is 6.92 Å². The second-order valence-corrected chi connectivity index (χ2v) is 7.37. The highest BCUT2D eigenvalue weighted by atomic mass is 16.5. The number of amides is 2. The van der Waals surface area contributed by atoms with E-state index >= 15 is 0 Å². The van der Waals surface area contributed by atoms with Crippen molar-refractivity contribution >= 4 is 23.8 Å². The first-order chi connectivity index (χ1) is 15.7. The molecule has 1 fully saturated rings. The largest absolute Gasteiger partial charge is 0.378 e. The number of morpholine rings is 1. The Labute approximate surface area is 186 Å². The summed E-state index contributed by atoms with van der Waals surface area (Å²) in [7, 11) is 0. The quantitative estimate of drug-likeness (QED) is 0.579. The van der Waals surface area contributed by atoms with E-state index in [1.807, 2.05) is 13.0 Å². The molecular weight excluding hydrogens is 406 g/mol. The van der Waals surface area contributed by atoms with Crippen molar-refractivity contribution in [1.82, 2.24) is 15.3 Å². The summed E-state index contributed by atoms with van der Waals surface area (Å²) < 4.78 is 5.44. The molecule has 2 amide bonds. The van der Waals surface area contributed by atoms with Gasteiger partial charge in [-0.2, -0.15) is 0 Å². The minimum absolute atomic E-state index is 0.314. The van der Waals surface area contributed by atoms with Gasteiger partial charge in [-0.25, -0.2) is 9.78 Å². The molecule has 2 aromatic heterocycles. The molecule has 1 aliphatic rings. The van der Waals surface area contributed by atoms with Crippen LogP contribution in [0.1, 0.15) is 17.3 Å². The van der Waals surface area contributed by atoms with E-state index in [1.54, 1.807) is 18.5 Å². The van der Waals surface area contributed by atoms with Gasteiger partial charge in [-0.05, 0) is 42.3 Å². The van der Waals surface area contributed by atoms with Crippen LogP contribution in [0.15, 0.2) is 55.0 Å². The first-order valence-electron chi connectivity index (χ1n) is 10.6. The van der Waals surface area contributed by atoms with Crippen LogP contribution in [-0.2, 0) is 4.74 Å². The molecule has 0 unspecified atom stereocenters. The third-order valence-corrected chi connectivity index (χ3v) is 5.24. The number of urea groups is 1. The standard InChI is InChI=1S/C24H25N5O3/c1-2-26-24(31)28-23-12-21(22(15-27-23)19-11-17(16-30)13-25-14-19)18-3-5-20(6-4-18)29-7-9-32-10-8-29/h3-6,11-16H,2,7-10H2,1H3,(H2,26,27,28,31). The van der Waals surface area contributed by atoms with Gasteiger partial charge in [0.05, 0.1) is 13.2 Å². The average Bonchev–Trinajstić information content (AvgIpc) is 2.85. The number of rotatable bonds is 6. The Kier molecular flexibility index (Phi) is 6.72. The van der Waals surface area contributed by atoms with E-state index in [0.717, 1.165) is 60.5 Å². The summed E-state index contributed by atoms with van der Waals surface area (Å²) in [5.41, 5.74) is 5.07. The van der Waals surface area contributed by atoms with Crippen LogP contribution in [0.25, 0.3) is 22.3 Å². The molecule has 8 heteroatoms. The van der Waals surface area contributed by atoms with Gasteiger partial charge < -0.3 is 15.0 Å². The highest BCUT2D eigenvalue weighted by Crippen LogP contribution is 2.34. The van der Waals surface area contributed by atoms with Gasteiger partial charge in [0.1, 0.15) is 5.82 Å². The summed E-state index contributed by atoms with van der Waals surface area (Å²) in [6.07, 6.45) is 5.68. The highest BCUT2D eigenvalue weighted by Gasteiger charge is 2.14. The average molecular weight is 431 g/mol. The van der Waals surface area contributed by atoms with E-state index in [2.05, 4.69) is 49.8 Å². The normalized spacial score (nSPS) is 13.5. The predicted molar refractivity (Wildman–Crippen MR) is 124 cm³/mol. The van der Waals surface area contributed by atoms with E-state index in [9.17, 15) is 9.59 Å². The van der Waals surface area contributed by atoms with Crippen LogP contribution in [-0.4, -0.2) is 55.1 Å². The fraction of sp³-hybridized carbons (Fsp3) is 0.250. The van der Waals surface area contributed by atoms with Gasteiger partial charge in [0.2, 0.25) is 0 Å². The van der Waals surface area contributed by atoms with Crippen LogP contribution in [0.4, 0.5) is 16.3 Å². The van der Waals surface area contributed by atoms with Gasteiger partial charge in [0, 0.05) is 60.6 Å². The molecule has 0 bridgehead atoms. The van der Waals surface area contributed by atoms with E-state index in [0.29, 0.717) is 17.9 Å². The third kappa shape index (κ3) is 4.92. The molecule has 3 heterocycles. The van der Waals surface area contributed by atoms with Crippen LogP contribution < -0.4 is 15.5 Å².